The lowest BCUT2D eigenvalue weighted by atomic mass is 9.98. The Labute approximate surface area is 170 Å². The first-order chi connectivity index (χ1) is 13.8. The molecule has 0 aliphatic heterocycles. The Morgan fingerprint density at radius 3 is 2.62 bits per heavy atom. The van der Waals surface area contributed by atoms with Crippen molar-refractivity contribution < 1.29 is 14.3 Å². The fourth-order valence-corrected chi connectivity index (χ4v) is 3.18. The number of hydrogen-bond donors (Lipinski definition) is 1. The summed E-state index contributed by atoms with van der Waals surface area (Å²) in [6.07, 6.45) is -0.941. The van der Waals surface area contributed by atoms with E-state index in [1.807, 2.05) is 32.0 Å². The second kappa shape index (κ2) is 8.43. The van der Waals surface area contributed by atoms with Crippen LogP contribution in [-0.2, 0) is 16.1 Å². The van der Waals surface area contributed by atoms with E-state index in [0.717, 1.165) is 22.3 Å². The first-order valence-corrected chi connectivity index (χ1v) is 9.76. The maximum atomic E-state index is 12.6. The van der Waals surface area contributed by atoms with Gasteiger partial charge in [-0.2, -0.15) is 0 Å². The second-order valence-electron chi connectivity index (χ2n) is 7.34. The third-order valence-electron chi connectivity index (χ3n) is 4.88. The van der Waals surface area contributed by atoms with E-state index >= 15 is 0 Å². The highest BCUT2D eigenvalue weighted by atomic mass is 16.5. The normalized spacial score (nSPS) is 12.2. The zero-order valence-electron chi connectivity index (χ0n) is 17.4. The highest BCUT2D eigenvalue weighted by Gasteiger charge is 2.21. The van der Waals surface area contributed by atoms with Crippen molar-refractivity contribution in [3.63, 3.8) is 0 Å². The number of nitrogens with zero attached hydrogens (tertiary/aromatic N) is 3. The summed E-state index contributed by atoms with van der Waals surface area (Å²) in [4.78, 5) is 25.2. The molecule has 1 amide bonds. The van der Waals surface area contributed by atoms with E-state index in [1.54, 1.807) is 29.8 Å². The molecule has 0 saturated heterocycles. The topological polar surface area (TPSA) is 86.1 Å². The monoisotopic (exact) mass is 394 g/mol. The summed E-state index contributed by atoms with van der Waals surface area (Å²) in [6, 6.07) is 11.0. The molecule has 29 heavy (non-hydrogen) atoms. The van der Waals surface area contributed by atoms with Gasteiger partial charge in [0.25, 0.3) is 5.91 Å². The number of carbonyl (C=O) groups is 2. The molecule has 0 fully saturated rings. The lowest BCUT2D eigenvalue weighted by Gasteiger charge is -2.19. The summed E-state index contributed by atoms with van der Waals surface area (Å²) in [6.45, 7) is 10.3. The number of aryl methyl sites for hydroxylation is 2. The van der Waals surface area contributed by atoms with Crippen LogP contribution in [0.5, 0.6) is 0 Å². The molecule has 0 aliphatic rings. The van der Waals surface area contributed by atoms with Crippen molar-refractivity contribution in [3.8, 4) is 0 Å². The fourth-order valence-electron chi connectivity index (χ4n) is 3.18. The summed E-state index contributed by atoms with van der Waals surface area (Å²) < 4.78 is 7.13. The molecule has 7 heteroatoms. The van der Waals surface area contributed by atoms with Gasteiger partial charge in [0, 0.05) is 12.2 Å². The first kappa shape index (κ1) is 20.5. The average Bonchev–Trinajstić information content (AvgIpc) is 3.11. The number of anilines is 1. The van der Waals surface area contributed by atoms with E-state index in [2.05, 4.69) is 29.5 Å². The lowest BCUT2D eigenvalue weighted by Crippen LogP contribution is -2.30. The van der Waals surface area contributed by atoms with Gasteiger partial charge in [-0.05, 0) is 56.0 Å². The van der Waals surface area contributed by atoms with Crippen molar-refractivity contribution in [3.05, 3.63) is 53.1 Å². The van der Waals surface area contributed by atoms with E-state index < -0.39 is 12.1 Å². The van der Waals surface area contributed by atoms with Crippen LogP contribution in [0.15, 0.2) is 36.4 Å². The molecule has 2 aromatic carbocycles. The van der Waals surface area contributed by atoms with Crippen molar-refractivity contribution in [2.75, 3.05) is 5.32 Å². The zero-order valence-corrected chi connectivity index (χ0v) is 17.4. The highest BCUT2D eigenvalue weighted by Crippen LogP contribution is 2.27. The Balaban J connectivity index is 1.72. The summed E-state index contributed by atoms with van der Waals surface area (Å²) in [7, 11) is 0. The van der Waals surface area contributed by atoms with E-state index in [1.165, 1.54) is 0 Å². The molecular weight excluding hydrogens is 368 g/mol. The molecule has 0 aliphatic carbocycles. The number of esters is 1. The fraction of sp³-hybridized carbons (Fsp3) is 0.364. The first-order valence-electron chi connectivity index (χ1n) is 9.76. The molecule has 1 heterocycles. The van der Waals surface area contributed by atoms with Gasteiger partial charge < -0.3 is 10.1 Å². The molecule has 0 spiro atoms. The predicted octanol–water partition coefficient (Wildman–Crippen LogP) is 4.07. The number of rotatable bonds is 6. The molecule has 7 nitrogen and oxygen atoms in total. The summed E-state index contributed by atoms with van der Waals surface area (Å²) in [5.41, 5.74) is 4.57. The van der Waals surface area contributed by atoms with Gasteiger partial charge in [0.1, 0.15) is 5.52 Å². The molecule has 3 aromatic rings. The highest BCUT2D eigenvalue weighted by molar-refractivity contribution is 5.99. The Morgan fingerprint density at radius 1 is 1.17 bits per heavy atom. The number of ether oxygens (including phenoxy) is 1. The van der Waals surface area contributed by atoms with Crippen molar-refractivity contribution in [1.29, 1.82) is 0 Å². The summed E-state index contributed by atoms with van der Waals surface area (Å²) in [5.74, 6) is -0.687. The number of para-hydroxylation sites is 1. The standard InChI is InChI=1S/C22H26N4O3/c1-6-26-19-11-10-16(12-18(19)24-25-26)22(28)29-15(5)21(27)23-20-14(4)8-7-9-17(20)13(2)3/h7-13,15H,6H2,1-5H3,(H,23,27)/t15-/m1/s1. The lowest BCUT2D eigenvalue weighted by molar-refractivity contribution is -0.123. The SMILES string of the molecule is CCn1nnc2cc(C(=O)O[C@H](C)C(=O)Nc3c(C)cccc3C(C)C)ccc21. The van der Waals surface area contributed by atoms with Crippen LogP contribution in [0.3, 0.4) is 0 Å². The number of amides is 1. The molecule has 3 rings (SSSR count). The summed E-state index contributed by atoms with van der Waals surface area (Å²) in [5, 5.41) is 11.0. The summed E-state index contributed by atoms with van der Waals surface area (Å²) >= 11 is 0. The Kier molecular flexibility index (Phi) is 5.96. The van der Waals surface area contributed by atoms with Crippen LogP contribution in [0.1, 0.15) is 55.1 Å². The number of hydrogen-bond acceptors (Lipinski definition) is 5. The molecule has 1 atom stereocenters. The number of fused-ring (bicyclic) bond motifs is 1. The smallest absolute Gasteiger partial charge is 0.338 e. The molecule has 1 N–H and O–H groups in total. The van der Waals surface area contributed by atoms with Gasteiger partial charge in [0.2, 0.25) is 0 Å². The minimum atomic E-state index is -0.941. The minimum absolute atomic E-state index is 0.256. The van der Waals surface area contributed by atoms with Gasteiger partial charge in [-0.3, -0.25) is 4.79 Å². The van der Waals surface area contributed by atoms with E-state index in [9.17, 15) is 9.59 Å². The molecular formula is C22H26N4O3. The quantitative estimate of drug-likeness (QED) is 0.637. The van der Waals surface area contributed by atoms with E-state index in [-0.39, 0.29) is 11.8 Å². The van der Waals surface area contributed by atoms with Crippen LogP contribution in [0.4, 0.5) is 5.69 Å². The number of carbonyl (C=O) groups excluding carboxylic acids is 2. The van der Waals surface area contributed by atoms with Crippen LogP contribution in [-0.4, -0.2) is 33.0 Å². The predicted molar refractivity (Wildman–Crippen MR) is 112 cm³/mol. The number of benzene rings is 2. The van der Waals surface area contributed by atoms with Crippen molar-refractivity contribution in [2.24, 2.45) is 0 Å². The van der Waals surface area contributed by atoms with Gasteiger partial charge in [-0.25, -0.2) is 9.48 Å². The van der Waals surface area contributed by atoms with Crippen molar-refractivity contribution in [2.45, 2.75) is 53.2 Å². The minimum Gasteiger partial charge on any atom is -0.449 e. The van der Waals surface area contributed by atoms with Crippen LogP contribution < -0.4 is 5.32 Å². The van der Waals surface area contributed by atoms with Gasteiger partial charge >= 0.3 is 5.97 Å². The van der Waals surface area contributed by atoms with Gasteiger partial charge in [-0.15, -0.1) is 5.10 Å². The van der Waals surface area contributed by atoms with Crippen molar-refractivity contribution in [1.82, 2.24) is 15.0 Å². The van der Waals surface area contributed by atoms with Crippen LogP contribution in [0.25, 0.3) is 11.0 Å². The molecule has 0 saturated carbocycles. The number of nitrogens with one attached hydrogen (secondary N) is 1. The van der Waals surface area contributed by atoms with Crippen molar-refractivity contribution >= 4 is 28.6 Å². The van der Waals surface area contributed by atoms with E-state index in [4.69, 9.17) is 4.74 Å². The third-order valence-corrected chi connectivity index (χ3v) is 4.88. The average molecular weight is 394 g/mol. The maximum absolute atomic E-state index is 12.6. The van der Waals surface area contributed by atoms with Crippen LogP contribution in [0.2, 0.25) is 0 Å². The van der Waals surface area contributed by atoms with Gasteiger partial charge in [0.15, 0.2) is 6.10 Å². The Bertz CT molecular complexity index is 1060. The third kappa shape index (κ3) is 4.29. The Morgan fingerprint density at radius 2 is 1.93 bits per heavy atom. The molecule has 0 bridgehead atoms. The zero-order chi connectivity index (χ0) is 21.1. The second-order valence-corrected chi connectivity index (χ2v) is 7.34. The largest absolute Gasteiger partial charge is 0.449 e. The molecule has 0 radical (unpaired) electrons. The van der Waals surface area contributed by atoms with Crippen LogP contribution in [0, 0.1) is 6.92 Å². The molecule has 152 valence electrons. The Hall–Kier alpha value is -3.22. The molecule has 1 aromatic heterocycles. The maximum Gasteiger partial charge on any atom is 0.338 e. The molecule has 0 unspecified atom stereocenters. The number of aromatic nitrogens is 3. The van der Waals surface area contributed by atoms with Gasteiger partial charge in [0.05, 0.1) is 11.1 Å². The van der Waals surface area contributed by atoms with Crippen LogP contribution >= 0.6 is 0 Å². The van der Waals surface area contributed by atoms with Gasteiger partial charge in [-0.1, -0.05) is 37.3 Å². The van der Waals surface area contributed by atoms with E-state index in [0.29, 0.717) is 17.6 Å².